The van der Waals surface area contributed by atoms with Gasteiger partial charge in [0.05, 0.1) is 17.0 Å². The first-order chi connectivity index (χ1) is 9.36. The highest BCUT2D eigenvalue weighted by Crippen LogP contribution is 2.20. The molecule has 0 saturated carbocycles. The highest BCUT2D eigenvalue weighted by molar-refractivity contribution is 5.97. The molecule has 7 nitrogen and oxygen atoms in total. The quantitative estimate of drug-likeness (QED) is 0.619. The summed E-state index contributed by atoms with van der Waals surface area (Å²) in [5.41, 5.74) is -0.851. The lowest BCUT2D eigenvalue weighted by Gasteiger charge is -2.07. The van der Waals surface area contributed by atoms with Crippen molar-refractivity contribution in [3.63, 3.8) is 0 Å². The number of nitro groups is 1. The van der Waals surface area contributed by atoms with E-state index < -0.39 is 28.1 Å². The SMILES string of the molecule is CCNC(=O)CNC(=O)c1cc([N+](=O)[O-])cc(C)c1F. The van der Waals surface area contributed by atoms with E-state index in [2.05, 4.69) is 10.6 Å². The van der Waals surface area contributed by atoms with Gasteiger partial charge < -0.3 is 10.6 Å². The lowest BCUT2D eigenvalue weighted by molar-refractivity contribution is -0.385. The van der Waals surface area contributed by atoms with Crippen molar-refractivity contribution in [1.82, 2.24) is 10.6 Å². The van der Waals surface area contributed by atoms with Crippen LogP contribution in [0.25, 0.3) is 0 Å². The third-order valence-corrected chi connectivity index (χ3v) is 2.48. The molecule has 0 saturated heterocycles. The van der Waals surface area contributed by atoms with Crippen LogP contribution < -0.4 is 10.6 Å². The number of aryl methyl sites for hydroxylation is 1. The maximum atomic E-state index is 13.8. The van der Waals surface area contributed by atoms with Crippen LogP contribution in [-0.4, -0.2) is 29.8 Å². The molecule has 1 aromatic carbocycles. The molecule has 1 aromatic rings. The molecule has 2 amide bonds. The number of hydrogen-bond acceptors (Lipinski definition) is 4. The molecular weight excluding hydrogens is 269 g/mol. The lowest BCUT2D eigenvalue weighted by Crippen LogP contribution is -2.37. The number of nitro benzene ring substituents is 1. The minimum Gasteiger partial charge on any atom is -0.355 e. The number of likely N-dealkylation sites (N-methyl/N-ethyl adjacent to an activating group) is 1. The second-order valence-corrected chi connectivity index (χ2v) is 4.02. The molecule has 0 unspecified atom stereocenters. The van der Waals surface area contributed by atoms with Gasteiger partial charge in [0.15, 0.2) is 0 Å². The Kier molecular flexibility index (Phi) is 5.13. The van der Waals surface area contributed by atoms with E-state index in [-0.39, 0.29) is 17.8 Å². The highest BCUT2D eigenvalue weighted by Gasteiger charge is 2.19. The largest absolute Gasteiger partial charge is 0.355 e. The topological polar surface area (TPSA) is 101 Å². The van der Waals surface area contributed by atoms with Gasteiger partial charge in [-0.2, -0.15) is 0 Å². The van der Waals surface area contributed by atoms with Crippen molar-refractivity contribution in [3.8, 4) is 0 Å². The first kappa shape index (κ1) is 15.5. The summed E-state index contributed by atoms with van der Waals surface area (Å²) in [6.45, 7) is 3.11. The molecule has 0 fully saturated rings. The van der Waals surface area contributed by atoms with Crippen molar-refractivity contribution >= 4 is 17.5 Å². The van der Waals surface area contributed by atoms with Crippen LogP contribution in [0.2, 0.25) is 0 Å². The van der Waals surface area contributed by atoms with Gasteiger partial charge in [0.25, 0.3) is 11.6 Å². The van der Waals surface area contributed by atoms with E-state index in [1.54, 1.807) is 6.92 Å². The zero-order valence-corrected chi connectivity index (χ0v) is 11.0. The summed E-state index contributed by atoms with van der Waals surface area (Å²) in [5, 5.41) is 15.3. The van der Waals surface area contributed by atoms with Gasteiger partial charge in [-0.15, -0.1) is 0 Å². The van der Waals surface area contributed by atoms with Gasteiger partial charge in [0, 0.05) is 18.7 Å². The molecule has 0 aliphatic heterocycles. The second kappa shape index (κ2) is 6.60. The van der Waals surface area contributed by atoms with Crippen LogP contribution in [0.4, 0.5) is 10.1 Å². The Hall–Kier alpha value is -2.51. The zero-order chi connectivity index (χ0) is 15.3. The molecule has 2 N–H and O–H groups in total. The van der Waals surface area contributed by atoms with Gasteiger partial charge in [-0.25, -0.2) is 4.39 Å². The molecule has 0 aliphatic carbocycles. The molecule has 0 spiro atoms. The fourth-order valence-corrected chi connectivity index (χ4v) is 1.54. The number of hydrogen-bond donors (Lipinski definition) is 2. The predicted molar refractivity (Wildman–Crippen MR) is 68.8 cm³/mol. The first-order valence-electron chi connectivity index (χ1n) is 5.86. The Morgan fingerprint density at radius 3 is 2.55 bits per heavy atom. The predicted octanol–water partition coefficient (Wildman–Crippen LogP) is 0.908. The third kappa shape index (κ3) is 3.74. The number of nitrogens with zero attached hydrogens (tertiary/aromatic N) is 1. The maximum Gasteiger partial charge on any atom is 0.270 e. The van der Waals surface area contributed by atoms with Gasteiger partial charge in [0.2, 0.25) is 5.91 Å². The molecular formula is C12H14FN3O4. The van der Waals surface area contributed by atoms with Gasteiger partial charge >= 0.3 is 0 Å². The Morgan fingerprint density at radius 1 is 1.35 bits per heavy atom. The number of halogens is 1. The molecule has 0 radical (unpaired) electrons. The lowest BCUT2D eigenvalue weighted by atomic mass is 10.1. The normalized spacial score (nSPS) is 9.95. The average molecular weight is 283 g/mol. The van der Waals surface area contributed by atoms with Crippen molar-refractivity contribution in [3.05, 3.63) is 39.2 Å². The Labute approximate surface area is 114 Å². The van der Waals surface area contributed by atoms with Crippen LogP contribution in [0.3, 0.4) is 0 Å². The van der Waals surface area contributed by atoms with Crippen LogP contribution in [0.1, 0.15) is 22.8 Å². The number of carbonyl (C=O) groups is 2. The van der Waals surface area contributed by atoms with Crippen LogP contribution in [-0.2, 0) is 4.79 Å². The molecule has 0 heterocycles. The van der Waals surface area contributed by atoms with E-state index >= 15 is 0 Å². The fraction of sp³-hybridized carbons (Fsp3) is 0.333. The number of nitrogens with one attached hydrogen (secondary N) is 2. The van der Waals surface area contributed by atoms with Crippen LogP contribution in [0, 0.1) is 22.9 Å². The third-order valence-electron chi connectivity index (χ3n) is 2.48. The number of benzene rings is 1. The fourth-order valence-electron chi connectivity index (χ4n) is 1.54. The summed E-state index contributed by atoms with van der Waals surface area (Å²) >= 11 is 0. The maximum absolute atomic E-state index is 13.8. The van der Waals surface area contributed by atoms with E-state index in [4.69, 9.17) is 0 Å². The Morgan fingerprint density at radius 2 is 2.00 bits per heavy atom. The summed E-state index contributed by atoms with van der Waals surface area (Å²) < 4.78 is 13.8. The molecule has 20 heavy (non-hydrogen) atoms. The van der Waals surface area contributed by atoms with Gasteiger partial charge in [-0.3, -0.25) is 19.7 Å². The van der Waals surface area contributed by atoms with E-state index in [1.807, 2.05) is 0 Å². The van der Waals surface area contributed by atoms with E-state index in [9.17, 15) is 24.1 Å². The number of non-ortho nitro benzene ring substituents is 1. The number of rotatable bonds is 5. The van der Waals surface area contributed by atoms with Crippen molar-refractivity contribution < 1.29 is 18.9 Å². The summed E-state index contributed by atoms with van der Waals surface area (Å²) in [6.07, 6.45) is 0. The molecule has 108 valence electrons. The van der Waals surface area contributed by atoms with E-state index in [0.29, 0.717) is 6.54 Å². The molecule has 0 atom stereocenters. The standard InChI is InChI=1S/C12H14FN3O4/c1-3-14-10(17)6-15-12(18)9-5-8(16(19)20)4-7(2)11(9)13/h4-5H,3,6H2,1-2H3,(H,14,17)(H,15,18). The summed E-state index contributed by atoms with van der Waals surface area (Å²) in [5.74, 6) is -2.15. The van der Waals surface area contributed by atoms with Crippen LogP contribution >= 0.6 is 0 Å². The smallest absolute Gasteiger partial charge is 0.270 e. The minimum atomic E-state index is -0.874. The van der Waals surface area contributed by atoms with Crippen molar-refractivity contribution in [1.29, 1.82) is 0 Å². The van der Waals surface area contributed by atoms with Crippen molar-refractivity contribution in [2.75, 3.05) is 13.1 Å². The molecule has 8 heteroatoms. The van der Waals surface area contributed by atoms with Crippen molar-refractivity contribution in [2.24, 2.45) is 0 Å². The summed E-state index contributed by atoms with van der Waals surface area (Å²) in [6, 6.07) is 1.88. The van der Waals surface area contributed by atoms with Crippen LogP contribution in [0.15, 0.2) is 12.1 Å². The van der Waals surface area contributed by atoms with Crippen LogP contribution in [0.5, 0.6) is 0 Å². The summed E-state index contributed by atoms with van der Waals surface area (Å²) in [7, 11) is 0. The second-order valence-electron chi connectivity index (χ2n) is 4.02. The zero-order valence-electron chi connectivity index (χ0n) is 11.0. The molecule has 0 aromatic heterocycles. The van der Waals surface area contributed by atoms with E-state index in [1.165, 1.54) is 6.92 Å². The minimum absolute atomic E-state index is 0.0117. The first-order valence-corrected chi connectivity index (χ1v) is 5.86. The van der Waals surface area contributed by atoms with Gasteiger partial charge in [-0.05, 0) is 19.4 Å². The molecule has 0 bridgehead atoms. The molecule has 1 rings (SSSR count). The highest BCUT2D eigenvalue weighted by atomic mass is 19.1. The number of carbonyl (C=O) groups excluding carboxylic acids is 2. The Balaban J connectivity index is 2.92. The van der Waals surface area contributed by atoms with Gasteiger partial charge in [0.1, 0.15) is 5.82 Å². The van der Waals surface area contributed by atoms with Crippen molar-refractivity contribution in [2.45, 2.75) is 13.8 Å². The monoisotopic (exact) mass is 283 g/mol. The summed E-state index contributed by atoms with van der Waals surface area (Å²) in [4.78, 5) is 32.9. The molecule has 0 aliphatic rings. The Bertz CT molecular complexity index is 560. The van der Waals surface area contributed by atoms with E-state index in [0.717, 1.165) is 12.1 Å². The average Bonchev–Trinajstić information content (AvgIpc) is 2.39. The number of amides is 2. The van der Waals surface area contributed by atoms with Gasteiger partial charge in [-0.1, -0.05) is 0 Å².